The van der Waals surface area contributed by atoms with Gasteiger partial charge in [0.1, 0.15) is 0 Å². The molecule has 1 fully saturated rings. The lowest BCUT2D eigenvalue weighted by Gasteiger charge is -2.35. The standard InChI is InChI=1S/C22H29N3O/c1-19-16-23-13-15-24(19)18-22(26)25(17-21-10-6-3-7-11-21)14-12-20-8-4-2-5-9-20/h2-11,19,23H,12-18H2,1H3/t19-/m0/s1. The minimum Gasteiger partial charge on any atom is -0.337 e. The van der Waals surface area contributed by atoms with Gasteiger partial charge in [0.15, 0.2) is 0 Å². The van der Waals surface area contributed by atoms with Gasteiger partial charge in [-0.1, -0.05) is 60.7 Å². The van der Waals surface area contributed by atoms with Crippen molar-refractivity contribution in [2.45, 2.75) is 25.9 Å². The monoisotopic (exact) mass is 351 g/mol. The summed E-state index contributed by atoms with van der Waals surface area (Å²) in [5.41, 5.74) is 2.45. The molecule has 0 saturated carbocycles. The third-order valence-corrected chi connectivity index (χ3v) is 5.06. The van der Waals surface area contributed by atoms with Gasteiger partial charge in [-0.3, -0.25) is 9.69 Å². The fraction of sp³-hybridized carbons (Fsp3) is 0.409. The molecule has 1 atom stereocenters. The van der Waals surface area contributed by atoms with Crippen molar-refractivity contribution in [2.75, 3.05) is 32.7 Å². The topological polar surface area (TPSA) is 35.6 Å². The van der Waals surface area contributed by atoms with Crippen LogP contribution in [0.5, 0.6) is 0 Å². The summed E-state index contributed by atoms with van der Waals surface area (Å²) in [5, 5.41) is 3.39. The Balaban J connectivity index is 1.65. The second kappa shape index (κ2) is 9.51. The van der Waals surface area contributed by atoms with Crippen molar-refractivity contribution in [1.82, 2.24) is 15.1 Å². The van der Waals surface area contributed by atoms with Gasteiger partial charge in [-0.25, -0.2) is 0 Å². The number of nitrogens with zero attached hydrogens (tertiary/aromatic N) is 2. The molecule has 4 heteroatoms. The van der Waals surface area contributed by atoms with Gasteiger partial charge in [0.25, 0.3) is 0 Å². The number of benzene rings is 2. The van der Waals surface area contributed by atoms with E-state index in [0.717, 1.165) is 32.6 Å². The van der Waals surface area contributed by atoms with Crippen molar-refractivity contribution in [1.29, 1.82) is 0 Å². The van der Waals surface area contributed by atoms with Crippen LogP contribution in [0.25, 0.3) is 0 Å². The Morgan fingerprint density at radius 3 is 2.38 bits per heavy atom. The maximum atomic E-state index is 13.0. The largest absolute Gasteiger partial charge is 0.337 e. The van der Waals surface area contributed by atoms with Crippen molar-refractivity contribution in [3.8, 4) is 0 Å². The fourth-order valence-corrected chi connectivity index (χ4v) is 3.40. The van der Waals surface area contributed by atoms with Crippen LogP contribution in [-0.4, -0.2) is 54.5 Å². The zero-order chi connectivity index (χ0) is 18.2. The van der Waals surface area contributed by atoms with Crippen LogP contribution in [0, 0.1) is 0 Å². The molecule has 1 aliphatic rings. The number of carbonyl (C=O) groups excluding carboxylic acids is 1. The second-order valence-electron chi connectivity index (χ2n) is 7.06. The molecular formula is C22H29N3O. The molecule has 0 aliphatic carbocycles. The zero-order valence-electron chi connectivity index (χ0n) is 15.6. The average Bonchev–Trinajstić information content (AvgIpc) is 2.68. The third kappa shape index (κ3) is 5.41. The second-order valence-corrected chi connectivity index (χ2v) is 7.06. The maximum absolute atomic E-state index is 13.0. The lowest BCUT2D eigenvalue weighted by atomic mass is 10.1. The van der Waals surface area contributed by atoms with Crippen molar-refractivity contribution in [3.05, 3.63) is 71.8 Å². The number of hydrogen-bond donors (Lipinski definition) is 1. The summed E-state index contributed by atoms with van der Waals surface area (Å²) in [6.07, 6.45) is 0.885. The Morgan fingerprint density at radius 1 is 1.08 bits per heavy atom. The van der Waals surface area contributed by atoms with Gasteiger partial charge in [-0.15, -0.1) is 0 Å². The van der Waals surface area contributed by atoms with Crippen molar-refractivity contribution in [3.63, 3.8) is 0 Å². The summed E-state index contributed by atoms with van der Waals surface area (Å²) < 4.78 is 0. The van der Waals surface area contributed by atoms with Gasteiger partial charge in [0, 0.05) is 38.8 Å². The highest BCUT2D eigenvalue weighted by Crippen LogP contribution is 2.10. The lowest BCUT2D eigenvalue weighted by Crippen LogP contribution is -2.53. The molecule has 0 aromatic heterocycles. The van der Waals surface area contributed by atoms with Crippen LogP contribution < -0.4 is 5.32 Å². The van der Waals surface area contributed by atoms with E-state index in [0.29, 0.717) is 19.1 Å². The quantitative estimate of drug-likeness (QED) is 0.833. The van der Waals surface area contributed by atoms with E-state index in [-0.39, 0.29) is 5.91 Å². The number of piperazine rings is 1. The van der Waals surface area contributed by atoms with Gasteiger partial charge in [-0.05, 0) is 24.5 Å². The predicted octanol–water partition coefficient (Wildman–Crippen LogP) is 2.55. The summed E-state index contributed by atoms with van der Waals surface area (Å²) >= 11 is 0. The van der Waals surface area contributed by atoms with Crippen LogP contribution >= 0.6 is 0 Å². The molecule has 0 radical (unpaired) electrons. The number of amides is 1. The first-order valence-electron chi connectivity index (χ1n) is 9.53. The van der Waals surface area contributed by atoms with Crippen LogP contribution in [-0.2, 0) is 17.8 Å². The van der Waals surface area contributed by atoms with Crippen LogP contribution in [0.1, 0.15) is 18.1 Å². The Kier molecular flexibility index (Phi) is 6.81. The minimum atomic E-state index is 0.221. The Morgan fingerprint density at radius 2 is 1.73 bits per heavy atom. The summed E-state index contributed by atoms with van der Waals surface area (Å²) in [6.45, 7) is 6.96. The van der Waals surface area contributed by atoms with E-state index in [1.165, 1.54) is 11.1 Å². The van der Waals surface area contributed by atoms with Gasteiger partial charge in [-0.2, -0.15) is 0 Å². The maximum Gasteiger partial charge on any atom is 0.237 e. The molecule has 2 aromatic carbocycles. The highest BCUT2D eigenvalue weighted by molar-refractivity contribution is 5.78. The van der Waals surface area contributed by atoms with Gasteiger partial charge < -0.3 is 10.2 Å². The summed E-state index contributed by atoms with van der Waals surface area (Å²) in [5.74, 6) is 0.221. The highest BCUT2D eigenvalue weighted by Gasteiger charge is 2.23. The number of rotatable bonds is 7. The van der Waals surface area contributed by atoms with Crippen molar-refractivity contribution < 1.29 is 4.79 Å². The molecule has 1 aliphatic heterocycles. The Bertz CT molecular complexity index is 674. The Labute approximate surface area is 156 Å². The van der Waals surface area contributed by atoms with E-state index in [4.69, 9.17) is 0 Å². The molecule has 1 heterocycles. The SMILES string of the molecule is C[C@H]1CNCCN1CC(=O)N(CCc1ccccc1)Cc1ccccc1. The van der Waals surface area contributed by atoms with Crippen LogP contribution in [0.2, 0.25) is 0 Å². The molecular weight excluding hydrogens is 322 g/mol. The summed E-state index contributed by atoms with van der Waals surface area (Å²) in [6, 6.07) is 21.1. The van der Waals surface area contributed by atoms with E-state index in [2.05, 4.69) is 53.5 Å². The van der Waals surface area contributed by atoms with Crippen LogP contribution in [0.3, 0.4) is 0 Å². The van der Waals surface area contributed by atoms with E-state index in [9.17, 15) is 4.79 Å². The summed E-state index contributed by atoms with van der Waals surface area (Å²) in [7, 11) is 0. The van der Waals surface area contributed by atoms with Crippen LogP contribution in [0.15, 0.2) is 60.7 Å². The zero-order valence-corrected chi connectivity index (χ0v) is 15.6. The number of hydrogen-bond acceptors (Lipinski definition) is 3. The van der Waals surface area contributed by atoms with Gasteiger partial charge in [0.05, 0.1) is 6.54 Å². The number of carbonyl (C=O) groups is 1. The van der Waals surface area contributed by atoms with Crippen molar-refractivity contribution in [2.24, 2.45) is 0 Å². The first kappa shape index (κ1) is 18.6. The molecule has 26 heavy (non-hydrogen) atoms. The molecule has 3 rings (SSSR count). The molecule has 0 spiro atoms. The van der Waals surface area contributed by atoms with E-state index in [1.54, 1.807) is 0 Å². The third-order valence-electron chi connectivity index (χ3n) is 5.06. The predicted molar refractivity (Wildman–Crippen MR) is 106 cm³/mol. The molecule has 2 aromatic rings. The molecule has 4 nitrogen and oxygen atoms in total. The first-order chi connectivity index (χ1) is 12.7. The van der Waals surface area contributed by atoms with E-state index < -0.39 is 0 Å². The summed E-state index contributed by atoms with van der Waals surface area (Å²) in [4.78, 5) is 17.3. The first-order valence-corrected chi connectivity index (χ1v) is 9.53. The van der Waals surface area contributed by atoms with E-state index in [1.807, 2.05) is 29.2 Å². The van der Waals surface area contributed by atoms with Gasteiger partial charge in [0.2, 0.25) is 5.91 Å². The molecule has 1 saturated heterocycles. The average molecular weight is 351 g/mol. The normalized spacial score (nSPS) is 17.8. The molecule has 138 valence electrons. The number of nitrogens with one attached hydrogen (secondary N) is 1. The molecule has 1 amide bonds. The lowest BCUT2D eigenvalue weighted by molar-refractivity contribution is -0.133. The molecule has 1 N–H and O–H groups in total. The fourth-order valence-electron chi connectivity index (χ4n) is 3.40. The van der Waals surface area contributed by atoms with Crippen molar-refractivity contribution >= 4 is 5.91 Å². The van der Waals surface area contributed by atoms with Crippen LogP contribution in [0.4, 0.5) is 0 Å². The smallest absolute Gasteiger partial charge is 0.237 e. The van der Waals surface area contributed by atoms with Gasteiger partial charge >= 0.3 is 0 Å². The molecule has 0 unspecified atom stereocenters. The Hall–Kier alpha value is -2.17. The minimum absolute atomic E-state index is 0.221. The highest BCUT2D eigenvalue weighted by atomic mass is 16.2. The molecule has 0 bridgehead atoms. The van der Waals surface area contributed by atoms with E-state index >= 15 is 0 Å².